The second-order valence-corrected chi connectivity index (χ2v) is 5.85. The number of rotatable bonds is 4. The molecule has 0 aliphatic carbocycles. The molecule has 0 saturated carbocycles. The number of halogens is 1. The number of esters is 1. The van der Waals surface area contributed by atoms with Crippen LogP contribution in [-0.4, -0.2) is 43.8 Å². The molecule has 1 heterocycles. The minimum Gasteiger partial charge on any atom is -0.469 e. The van der Waals surface area contributed by atoms with Crippen molar-refractivity contribution in [2.75, 3.05) is 31.7 Å². The molecule has 1 aliphatic heterocycles. The third kappa shape index (κ3) is 4.03. The van der Waals surface area contributed by atoms with Crippen LogP contribution >= 0.6 is 22.6 Å². The highest BCUT2D eigenvalue weighted by molar-refractivity contribution is 14.1. The van der Waals surface area contributed by atoms with Gasteiger partial charge in [0.2, 0.25) is 0 Å². The number of nitro benzene ring substituents is 1. The quantitative estimate of drug-likeness (QED) is 0.329. The average molecular weight is 406 g/mol. The predicted molar refractivity (Wildman–Crippen MR) is 84.4 cm³/mol. The molecular weight excluding hydrogens is 391 g/mol. The van der Waals surface area contributed by atoms with Crippen molar-refractivity contribution in [3.63, 3.8) is 0 Å². The van der Waals surface area contributed by atoms with Gasteiger partial charge in [0.1, 0.15) is 5.69 Å². The van der Waals surface area contributed by atoms with E-state index in [1.54, 1.807) is 12.1 Å². The maximum absolute atomic E-state index is 11.3. The van der Waals surface area contributed by atoms with Gasteiger partial charge in [-0.25, -0.2) is 0 Å². The van der Waals surface area contributed by atoms with Gasteiger partial charge < -0.3 is 14.4 Å². The van der Waals surface area contributed by atoms with Crippen LogP contribution in [0.4, 0.5) is 11.4 Å². The second kappa shape index (κ2) is 7.03. The molecule has 7 nitrogen and oxygen atoms in total. The molecule has 0 radical (unpaired) electrons. The summed E-state index contributed by atoms with van der Waals surface area (Å²) in [6, 6.07) is 5.11. The summed E-state index contributed by atoms with van der Waals surface area (Å²) in [6.45, 7) is 1.40. The van der Waals surface area contributed by atoms with Crippen molar-refractivity contribution in [2.45, 2.75) is 12.5 Å². The largest absolute Gasteiger partial charge is 0.469 e. The summed E-state index contributed by atoms with van der Waals surface area (Å²) >= 11 is 2.04. The lowest BCUT2D eigenvalue weighted by Crippen LogP contribution is -2.43. The van der Waals surface area contributed by atoms with Gasteiger partial charge in [0, 0.05) is 22.7 Å². The first kappa shape index (κ1) is 16.0. The normalized spacial score (nSPS) is 18.4. The zero-order chi connectivity index (χ0) is 15.4. The van der Waals surface area contributed by atoms with Crippen molar-refractivity contribution in [1.29, 1.82) is 0 Å². The third-order valence-electron chi connectivity index (χ3n) is 3.24. The van der Waals surface area contributed by atoms with Gasteiger partial charge in [-0.15, -0.1) is 0 Å². The zero-order valence-electron chi connectivity index (χ0n) is 11.5. The fourth-order valence-corrected chi connectivity index (χ4v) is 2.72. The van der Waals surface area contributed by atoms with Crippen molar-refractivity contribution in [1.82, 2.24) is 0 Å². The predicted octanol–water partition coefficient (Wildman–Crippen LogP) is 1.97. The number of anilines is 1. The SMILES string of the molecule is COC(=O)CC1CN(c2ccc(I)cc2[N+](=O)[O-])CCO1. The van der Waals surface area contributed by atoms with E-state index in [0.29, 0.717) is 25.4 Å². The van der Waals surface area contributed by atoms with E-state index in [0.717, 1.165) is 3.57 Å². The lowest BCUT2D eigenvalue weighted by Gasteiger charge is -2.33. The molecule has 1 fully saturated rings. The standard InChI is InChI=1S/C13H15IN2O5/c1-20-13(17)7-10-8-15(4-5-21-10)11-3-2-9(14)6-12(11)16(18)19/h2-3,6,10H,4-5,7-8H2,1H3. The molecule has 21 heavy (non-hydrogen) atoms. The second-order valence-electron chi connectivity index (χ2n) is 4.61. The molecule has 8 heteroatoms. The topological polar surface area (TPSA) is 81.9 Å². The highest BCUT2D eigenvalue weighted by Crippen LogP contribution is 2.31. The Morgan fingerprint density at radius 3 is 3.05 bits per heavy atom. The Hall–Kier alpha value is -1.42. The summed E-state index contributed by atoms with van der Waals surface area (Å²) < 4.78 is 10.9. The molecule has 0 spiro atoms. The first-order valence-corrected chi connectivity index (χ1v) is 7.46. The van der Waals surface area contributed by atoms with Crippen LogP contribution in [-0.2, 0) is 14.3 Å². The average Bonchev–Trinajstić information content (AvgIpc) is 2.47. The number of hydrogen-bond donors (Lipinski definition) is 0. The number of hydrogen-bond acceptors (Lipinski definition) is 6. The fraction of sp³-hybridized carbons (Fsp3) is 0.462. The van der Waals surface area contributed by atoms with Gasteiger partial charge in [-0.3, -0.25) is 14.9 Å². The molecule has 1 aliphatic rings. The van der Waals surface area contributed by atoms with E-state index in [2.05, 4.69) is 4.74 Å². The Morgan fingerprint density at radius 2 is 2.38 bits per heavy atom. The number of carbonyl (C=O) groups excluding carboxylic acids is 1. The van der Waals surface area contributed by atoms with E-state index in [1.165, 1.54) is 7.11 Å². The molecule has 0 N–H and O–H groups in total. The minimum atomic E-state index is -0.387. The van der Waals surface area contributed by atoms with E-state index in [-0.39, 0.29) is 29.1 Å². The molecule has 1 atom stereocenters. The van der Waals surface area contributed by atoms with E-state index < -0.39 is 0 Å². The van der Waals surface area contributed by atoms with E-state index >= 15 is 0 Å². The van der Waals surface area contributed by atoms with Crippen LogP contribution in [0.3, 0.4) is 0 Å². The highest BCUT2D eigenvalue weighted by atomic mass is 127. The van der Waals surface area contributed by atoms with Gasteiger partial charge in [0.25, 0.3) is 5.69 Å². The van der Waals surface area contributed by atoms with Crippen LogP contribution in [0.5, 0.6) is 0 Å². The molecule has 1 unspecified atom stereocenters. The Bertz CT molecular complexity index is 551. The molecular formula is C13H15IN2O5. The monoisotopic (exact) mass is 406 g/mol. The van der Waals surface area contributed by atoms with Gasteiger partial charge >= 0.3 is 5.97 Å². The van der Waals surface area contributed by atoms with Crippen molar-refractivity contribution >= 4 is 39.9 Å². The lowest BCUT2D eigenvalue weighted by atomic mass is 10.1. The van der Waals surface area contributed by atoms with Crippen LogP contribution in [0.15, 0.2) is 18.2 Å². The van der Waals surface area contributed by atoms with Gasteiger partial charge in [0.05, 0.1) is 31.2 Å². The van der Waals surface area contributed by atoms with Crippen LogP contribution in [0.25, 0.3) is 0 Å². The number of morpholine rings is 1. The number of benzene rings is 1. The molecule has 2 rings (SSSR count). The minimum absolute atomic E-state index is 0.0700. The first-order chi connectivity index (χ1) is 10.0. The molecule has 114 valence electrons. The van der Waals surface area contributed by atoms with Gasteiger partial charge in [0.15, 0.2) is 0 Å². The van der Waals surface area contributed by atoms with Crippen LogP contribution in [0.2, 0.25) is 0 Å². The fourth-order valence-electron chi connectivity index (χ4n) is 2.24. The van der Waals surface area contributed by atoms with Crippen molar-refractivity contribution in [3.05, 3.63) is 31.9 Å². The van der Waals surface area contributed by atoms with Gasteiger partial charge in [-0.05, 0) is 34.7 Å². The van der Waals surface area contributed by atoms with Crippen molar-refractivity contribution < 1.29 is 19.2 Å². The summed E-state index contributed by atoms with van der Waals surface area (Å²) in [4.78, 5) is 24.0. The molecule has 0 amide bonds. The molecule has 0 bridgehead atoms. The lowest BCUT2D eigenvalue weighted by molar-refractivity contribution is -0.384. The number of methoxy groups -OCH3 is 1. The number of ether oxygens (including phenoxy) is 2. The number of nitrogens with zero attached hydrogens (tertiary/aromatic N) is 2. The Kier molecular flexibility index (Phi) is 5.34. The zero-order valence-corrected chi connectivity index (χ0v) is 13.6. The first-order valence-electron chi connectivity index (χ1n) is 6.38. The van der Waals surface area contributed by atoms with Crippen LogP contribution < -0.4 is 4.90 Å². The van der Waals surface area contributed by atoms with Crippen molar-refractivity contribution in [3.8, 4) is 0 Å². The number of carbonyl (C=O) groups is 1. The highest BCUT2D eigenvalue weighted by Gasteiger charge is 2.27. The van der Waals surface area contributed by atoms with E-state index in [9.17, 15) is 14.9 Å². The van der Waals surface area contributed by atoms with Gasteiger partial charge in [-0.2, -0.15) is 0 Å². The smallest absolute Gasteiger partial charge is 0.308 e. The summed E-state index contributed by atoms with van der Waals surface area (Å²) in [6.07, 6.45) is -0.171. The molecule has 0 aromatic heterocycles. The van der Waals surface area contributed by atoms with E-state index in [4.69, 9.17) is 4.74 Å². The third-order valence-corrected chi connectivity index (χ3v) is 3.91. The molecule has 1 saturated heterocycles. The van der Waals surface area contributed by atoms with E-state index in [1.807, 2.05) is 33.6 Å². The molecule has 1 aromatic rings. The van der Waals surface area contributed by atoms with Gasteiger partial charge in [-0.1, -0.05) is 0 Å². The Labute approximate surface area is 135 Å². The maximum Gasteiger partial charge on any atom is 0.308 e. The number of nitro groups is 1. The van der Waals surface area contributed by atoms with Crippen LogP contribution in [0.1, 0.15) is 6.42 Å². The van der Waals surface area contributed by atoms with Crippen LogP contribution in [0, 0.1) is 13.7 Å². The van der Waals surface area contributed by atoms with Crippen molar-refractivity contribution in [2.24, 2.45) is 0 Å². The molecule has 1 aromatic carbocycles. The Morgan fingerprint density at radius 1 is 1.62 bits per heavy atom. The Balaban J connectivity index is 2.18. The summed E-state index contributed by atoms with van der Waals surface area (Å²) in [5.41, 5.74) is 0.624. The summed E-state index contributed by atoms with van der Waals surface area (Å²) in [7, 11) is 1.33. The summed E-state index contributed by atoms with van der Waals surface area (Å²) in [5.74, 6) is -0.348. The maximum atomic E-state index is 11.3. The summed E-state index contributed by atoms with van der Waals surface area (Å²) in [5, 5.41) is 11.2.